The Bertz CT molecular complexity index is 943. The molecule has 0 aliphatic heterocycles. The van der Waals surface area contributed by atoms with Gasteiger partial charge in [0.1, 0.15) is 5.82 Å². The largest absolute Gasteiger partial charge is 0.330 e. The van der Waals surface area contributed by atoms with E-state index in [1.54, 1.807) is 11.7 Å². The van der Waals surface area contributed by atoms with Gasteiger partial charge in [0.15, 0.2) is 4.34 Å². The average molecular weight is 417 g/mol. The Morgan fingerprint density at radius 1 is 1.21 bits per heavy atom. The molecule has 3 aromatic rings. The number of hydrogen-bond donors (Lipinski definition) is 2. The van der Waals surface area contributed by atoms with Crippen molar-refractivity contribution in [3.05, 3.63) is 41.1 Å². The van der Waals surface area contributed by atoms with E-state index in [1.165, 1.54) is 34.2 Å². The van der Waals surface area contributed by atoms with E-state index in [2.05, 4.69) is 58.0 Å². The first-order valence-corrected chi connectivity index (χ1v) is 10.9. The van der Waals surface area contributed by atoms with Crippen molar-refractivity contribution >= 4 is 45.6 Å². The van der Waals surface area contributed by atoms with E-state index in [9.17, 15) is 4.79 Å². The molecule has 0 atom stereocenters. The first-order valence-electron chi connectivity index (χ1n) is 9.14. The maximum Gasteiger partial charge on any atom is 0.235 e. The first-order chi connectivity index (χ1) is 13.5. The topological polar surface area (TPSA) is 84.7 Å². The lowest BCUT2D eigenvalue weighted by Crippen LogP contribution is -2.16. The summed E-state index contributed by atoms with van der Waals surface area (Å²) in [4.78, 5) is 12.2. The van der Waals surface area contributed by atoms with Crippen molar-refractivity contribution in [3.63, 3.8) is 0 Å². The SMILES string of the molecule is CCc1cccc(CC)c1Nc1nnc(SCC(=O)Nc2cc(C)nn2C)s1. The van der Waals surface area contributed by atoms with Crippen LogP contribution in [-0.4, -0.2) is 31.6 Å². The van der Waals surface area contributed by atoms with Crippen molar-refractivity contribution in [1.82, 2.24) is 20.0 Å². The lowest BCUT2D eigenvalue weighted by Gasteiger charge is -2.13. The number of nitrogens with one attached hydrogen (secondary N) is 2. The monoisotopic (exact) mass is 416 g/mol. The molecule has 3 rings (SSSR count). The van der Waals surface area contributed by atoms with Crippen molar-refractivity contribution in [2.45, 2.75) is 38.0 Å². The number of para-hydroxylation sites is 1. The van der Waals surface area contributed by atoms with Gasteiger partial charge in [-0.2, -0.15) is 5.10 Å². The van der Waals surface area contributed by atoms with Gasteiger partial charge < -0.3 is 10.6 Å². The molecule has 9 heteroatoms. The summed E-state index contributed by atoms with van der Waals surface area (Å²) in [6, 6.07) is 8.18. The van der Waals surface area contributed by atoms with Crippen molar-refractivity contribution in [3.8, 4) is 0 Å². The average Bonchev–Trinajstić information content (AvgIpc) is 3.25. The molecule has 0 saturated carbocycles. The van der Waals surface area contributed by atoms with E-state index in [0.717, 1.165) is 33.7 Å². The molecule has 7 nitrogen and oxygen atoms in total. The zero-order valence-electron chi connectivity index (χ0n) is 16.4. The highest BCUT2D eigenvalue weighted by atomic mass is 32.2. The number of amides is 1. The number of benzene rings is 1. The molecular weight excluding hydrogens is 392 g/mol. The molecule has 1 aromatic carbocycles. The molecule has 0 unspecified atom stereocenters. The van der Waals surface area contributed by atoms with Crippen molar-refractivity contribution in [2.24, 2.45) is 7.05 Å². The van der Waals surface area contributed by atoms with Crippen LogP contribution in [0.15, 0.2) is 28.6 Å². The van der Waals surface area contributed by atoms with Crippen LogP contribution in [0.2, 0.25) is 0 Å². The lowest BCUT2D eigenvalue weighted by atomic mass is 10.0. The quantitative estimate of drug-likeness (QED) is 0.536. The molecule has 0 spiro atoms. The summed E-state index contributed by atoms with van der Waals surface area (Å²) in [7, 11) is 1.80. The second kappa shape index (κ2) is 9.20. The highest BCUT2D eigenvalue weighted by Gasteiger charge is 2.13. The number of rotatable bonds is 8. The number of anilines is 3. The highest BCUT2D eigenvalue weighted by molar-refractivity contribution is 8.01. The summed E-state index contributed by atoms with van der Waals surface area (Å²) in [5.74, 6) is 0.859. The zero-order chi connectivity index (χ0) is 20.1. The van der Waals surface area contributed by atoms with Crippen molar-refractivity contribution in [2.75, 3.05) is 16.4 Å². The predicted octanol–water partition coefficient (Wildman–Crippen LogP) is 4.18. The zero-order valence-corrected chi connectivity index (χ0v) is 18.1. The number of carbonyl (C=O) groups excluding carboxylic acids is 1. The summed E-state index contributed by atoms with van der Waals surface area (Å²) >= 11 is 2.83. The second-order valence-corrected chi connectivity index (χ2v) is 8.49. The van der Waals surface area contributed by atoms with Crippen LogP contribution in [0.5, 0.6) is 0 Å². The molecule has 0 radical (unpaired) electrons. The number of thioether (sulfide) groups is 1. The molecule has 0 bridgehead atoms. The summed E-state index contributed by atoms with van der Waals surface area (Å²) in [5.41, 5.74) is 4.50. The van der Waals surface area contributed by atoms with E-state index >= 15 is 0 Å². The number of nitrogens with zero attached hydrogens (tertiary/aromatic N) is 4. The predicted molar refractivity (Wildman–Crippen MR) is 116 cm³/mol. The molecule has 1 amide bonds. The third-order valence-corrected chi connectivity index (χ3v) is 6.21. The van der Waals surface area contributed by atoms with Gasteiger partial charge in [-0.25, -0.2) is 0 Å². The van der Waals surface area contributed by atoms with Gasteiger partial charge in [-0.3, -0.25) is 9.48 Å². The Balaban J connectivity index is 1.60. The van der Waals surface area contributed by atoms with Crippen LogP contribution < -0.4 is 10.6 Å². The van der Waals surface area contributed by atoms with Gasteiger partial charge in [-0.15, -0.1) is 10.2 Å². The van der Waals surface area contributed by atoms with Crippen LogP contribution in [0.1, 0.15) is 30.7 Å². The smallest absolute Gasteiger partial charge is 0.235 e. The lowest BCUT2D eigenvalue weighted by molar-refractivity contribution is -0.113. The van der Waals surface area contributed by atoms with Crippen LogP contribution in [-0.2, 0) is 24.7 Å². The van der Waals surface area contributed by atoms with Crippen LogP contribution in [0, 0.1) is 6.92 Å². The molecule has 0 saturated heterocycles. The Hall–Kier alpha value is -2.39. The molecule has 2 heterocycles. The Morgan fingerprint density at radius 3 is 2.54 bits per heavy atom. The van der Waals surface area contributed by atoms with Gasteiger partial charge >= 0.3 is 0 Å². The van der Waals surface area contributed by atoms with Crippen molar-refractivity contribution in [1.29, 1.82) is 0 Å². The van der Waals surface area contributed by atoms with Gasteiger partial charge in [0, 0.05) is 18.8 Å². The van der Waals surface area contributed by atoms with Crippen LogP contribution in [0.3, 0.4) is 0 Å². The number of carbonyl (C=O) groups is 1. The van der Waals surface area contributed by atoms with Gasteiger partial charge in [-0.05, 0) is 30.9 Å². The minimum Gasteiger partial charge on any atom is -0.330 e. The molecule has 0 aliphatic carbocycles. The first kappa shape index (κ1) is 20.3. The van der Waals surface area contributed by atoms with Crippen molar-refractivity contribution < 1.29 is 4.79 Å². The fraction of sp³-hybridized carbons (Fsp3) is 0.368. The molecule has 0 aliphatic rings. The molecule has 148 valence electrons. The molecular formula is C19H24N6OS2. The van der Waals surface area contributed by atoms with Crippen LogP contribution >= 0.6 is 23.1 Å². The Kier molecular flexibility index (Phi) is 6.69. The second-order valence-electron chi connectivity index (χ2n) is 6.29. The van der Waals surface area contributed by atoms with Gasteiger partial charge in [-0.1, -0.05) is 55.1 Å². The Labute approximate surface area is 173 Å². The maximum absolute atomic E-state index is 12.2. The fourth-order valence-electron chi connectivity index (χ4n) is 2.86. The van der Waals surface area contributed by atoms with E-state index in [1.807, 2.05) is 13.0 Å². The summed E-state index contributed by atoms with van der Waals surface area (Å²) in [6.07, 6.45) is 1.90. The molecule has 28 heavy (non-hydrogen) atoms. The van der Waals surface area contributed by atoms with E-state index in [0.29, 0.717) is 5.82 Å². The van der Waals surface area contributed by atoms with Gasteiger partial charge in [0.05, 0.1) is 11.4 Å². The standard InChI is InChI=1S/C19H24N6OS2/c1-5-13-8-7-9-14(6-2)17(13)21-18-22-23-19(28-18)27-11-16(26)20-15-10-12(3)24-25(15)4/h7-10H,5-6,11H2,1-4H3,(H,20,26)(H,21,22). The van der Waals surface area contributed by atoms with Crippen LogP contribution in [0.25, 0.3) is 0 Å². The molecule has 2 aromatic heterocycles. The van der Waals surface area contributed by atoms with E-state index in [4.69, 9.17) is 0 Å². The fourth-order valence-corrected chi connectivity index (χ4v) is 4.42. The third kappa shape index (κ3) is 4.90. The normalized spacial score (nSPS) is 10.9. The van der Waals surface area contributed by atoms with E-state index in [-0.39, 0.29) is 11.7 Å². The molecule has 0 fully saturated rings. The number of aryl methyl sites for hydroxylation is 4. The molecule has 2 N–H and O–H groups in total. The summed E-state index contributed by atoms with van der Waals surface area (Å²) in [6.45, 7) is 6.17. The number of aromatic nitrogens is 4. The summed E-state index contributed by atoms with van der Waals surface area (Å²) < 4.78 is 2.41. The Morgan fingerprint density at radius 2 is 1.93 bits per heavy atom. The minimum absolute atomic E-state index is 0.0951. The summed E-state index contributed by atoms with van der Waals surface area (Å²) in [5, 5.41) is 19.7. The van der Waals surface area contributed by atoms with Gasteiger partial charge in [0.2, 0.25) is 11.0 Å². The highest BCUT2D eigenvalue weighted by Crippen LogP contribution is 2.31. The van der Waals surface area contributed by atoms with Crippen LogP contribution in [0.4, 0.5) is 16.6 Å². The third-order valence-electron chi connectivity index (χ3n) is 4.23. The van der Waals surface area contributed by atoms with E-state index < -0.39 is 0 Å². The van der Waals surface area contributed by atoms with Gasteiger partial charge in [0.25, 0.3) is 0 Å². The maximum atomic E-state index is 12.2. The minimum atomic E-state index is -0.0951. The number of hydrogen-bond acceptors (Lipinski definition) is 7.